The summed E-state index contributed by atoms with van der Waals surface area (Å²) in [6, 6.07) is 0. The maximum atomic E-state index is 9.96. The van der Waals surface area contributed by atoms with Crippen molar-refractivity contribution in [2.24, 2.45) is 5.92 Å². The Balaban J connectivity index is 3.39. The van der Waals surface area contributed by atoms with Gasteiger partial charge in [-0.3, -0.25) is 0 Å². The van der Waals surface area contributed by atoms with E-state index in [1.165, 1.54) is 0 Å². The minimum Gasteiger partial charge on any atom is -0.389 e. The second-order valence-electron chi connectivity index (χ2n) is 3.72. The molecule has 2 nitrogen and oxygen atoms in total. The summed E-state index contributed by atoms with van der Waals surface area (Å²) < 4.78 is 0. The summed E-state index contributed by atoms with van der Waals surface area (Å²) in [6.07, 6.45) is 7.27. The van der Waals surface area contributed by atoms with Crippen molar-refractivity contribution < 1.29 is 9.90 Å². The van der Waals surface area contributed by atoms with Gasteiger partial charge in [-0.25, -0.2) is 0 Å². The molecule has 0 amide bonds. The average molecular weight is 184 g/mol. The number of hydrogen-bond acceptors (Lipinski definition) is 2. The number of rotatable bonds is 7. The maximum absolute atomic E-state index is 9.96. The molecule has 0 bridgehead atoms. The number of hydrogen-bond donors (Lipinski definition) is 1. The lowest BCUT2D eigenvalue weighted by atomic mass is 10.0. The first kappa shape index (κ1) is 12.4. The van der Waals surface area contributed by atoms with E-state index in [0.29, 0.717) is 12.3 Å². The monoisotopic (exact) mass is 184 g/mol. The van der Waals surface area contributed by atoms with Gasteiger partial charge in [-0.1, -0.05) is 38.8 Å². The van der Waals surface area contributed by atoms with Crippen LogP contribution in [-0.2, 0) is 4.79 Å². The molecule has 0 aliphatic heterocycles. The molecule has 0 fully saturated rings. The molecule has 0 aromatic heterocycles. The summed E-state index contributed by atoms with van der Waals surface area (Å²) in [5, 5.41) is 9.39. The number of aldehydes is 1. The fourth-order valence-corrected chi connectivity index (χ4v) is 1.12. The Morgan fingerprint density at radius 2 is 2.00 bits per heavy atom. The minimum absolute atomic E-state index is 0.376. The zero-order chi connectivity index (χ0) is 10.1. The molecule has 0 aromatic rings. The van der Waals surface area contributed by atoms with Crippen LogP contribution in [0.25, 0.3) is 0 Å². The molecule has 76 valence electrons. The normalized spacial score (nSPS) is 13.8. The van der Waals surface area contributed by atoms with Gasteiger partial charge in [0.05, 0.1) is 6.10 Å². The topological polar surface area (TPSA) is 37.3 Å². The Labute approximate surface area is 80.7 Å². The predicted molar refractivity (Wildman–Crippen MR) is 54.5 cm³/mol. The molecule has 0 spiro atoms. The highest BCUT2D eigenvalue weighted by Gasteiger charge is 1.99. The molecule has 0 aliphatic rings. The average Bonchev–Trinajstić information content (AvgIpc) is 2.04. The van der Waals surface area contributed by atoms with Gasteiger partial charge >= 0.3 is 0 Å². The van der Waals surface area contributed by atoms with Crippen LogP contribution in [-0.4, -0.2) is 17.5 Å². The maximum Gasteiger partial charge on any atom is 0.123 e. The zero-order valence-electron chi connectivity index (χ0n) is 8.57. The molecule has 0 aromatic carbocycles. The number of carbonyl (C=O) groups is 1. The third kappa shape index (κ3) is 9.28. The zero-order valence-corrected chi connectivity index (χ0v) is 8.57. The van der Waals surface area contributed by atoms with Gasteiger partial charge in [0.1, 0.15) is 6.29 Å². The first-order chi connectivity index (χ1) is 6.16. The van der Waals surface area contributed by atoms with Gasteiger partial charge in [0.25, 0.3) is 0 Å². The lowest BCUT2D eigenvalue weighted by molar-refractivity contribution is -0.107. The molecule has 0 heterocycles. The molecular weight excluding hydrogens is 164 g/mol. The van der Waals surface area contributed by atoms with Gasteiger partial charge < -0.3 is 9.90 Å². The number of aliphatic hydroxyl groups is 1. The summed E-state index contributed by atoms with van der Waals surface area (Å²) in [5.74, 6) is 0.700. The largest absolute Gasteiger partial charge is 0.389 e. The third-order valence-electron chi connectivity index (χ3n) is 1.87. The van der Waals surface area contributed by atoms with Crippen LogP contribution in [0.1, 0.15) is 39.5 Å². The molecule has 0 saturated heterocycles. The highest BCUT2D eigenvalue weighted by atomic mass is 16.3. The van der Waals surface area contributed by atoms with E-state index in [1.807, 2.05) is 0 Å². The van der Waals surface area contributed by atoms with E-state index in [0.717, 1.165) is 25.5 Å². The molecule has 0 aliphatic carbocycles. The van der Waals surface area contributed by atoms with Gasteiger partial charge in [-0.05, 0) is 12.3 Å². The van der Waals surface area contributed by atoms with Gasteiger partial charge in [-0.15, -0.1) is 0 Å². The van der Waals surface area contributed by atoms with Crippen molar-refractivity contribution in [2.45, 2.75) is 45.6 Å². The van der Waals surface area contributed by atoms with E-state index in [2.05, 4.69) is 13.8 Å². The van der Waals surface area contributed by atoms with Crippen LogP contribution in [0, 0.1) is 5.92 Å². The molecule has 2 heteroatoms. The van der Waals surface area contributed by atoms with Crippen molar-refractivity contribution in [2.75, 3.05) is 0 Å². The third-order valence-corrected chi connectivity index (χ3v) is 1.87. The molecule has 0 rings (SSSR count). The molecule has 1 N–H and O–H groups in total. The Morgan fingerprint density at radius 1 is 1.31 bits per heavy atom. The molecule has 0 radical (unpaired) electrons. The van der Waals surface area contributed by atoms with E-state index < -0.39 is 0 Å². The Bertz CT molecular complexity index is 150. The van der Waals surface area contributed by atoms with Crippen molar-refractivity contribution in [1.29, 1.82) is 0 Å². The van der Waals surface area contributed by atoms with Crippen LogP contribution in [0.2, 0.25) is 0 Å². The van der Waals surface area contributed by atoms with Crippen LogP contribution in [0.15, 0.2) is 12.2 Å². The van der Waals surface area contributed by atoms with Crippen molar-refractivity contribution in [3.05, 3.63) is 12.2 Å². The van der Waals surface area contributed by atoms with Crippen LogP contribution >= 0.6 is 0 Å². The minimum atomic E-state index is -0.376. The molecule has 1 unspecified atom stereocenters. The van der Waals surface area contributed by atoms with Crippen molar-refractivity contribution >= 4 is 6.29 Å². The van der Waals surface area contributed by atoms with Crippen molar-refractivity contribution in [1.82, 2.24) is 0 Å². The standard InChI is InChI=1S/C11H20O2/c1-10(2)6-5-8-11(13)7-3-4-9-12/h3,7,9-11,13H,4-6,8H2,1-2H3/b7-3+. The smallest absolute Gasteiger partial charge is 0.123 e. The first-order valence-corrected chi connectivity index (χ1v) is 4.95. The van der Waals surface area contributed by atoms with E-state index >= 15 is 0 Å². The first-order valence-electron chi connectivity index (χ1n) is 4.95. The molecule has 13 heavy (non-hydrogen) atoms. The van der Waals surface area contributed by atoms with E-state index in [4.69, 9.17) is 0 Å². The quantitative estimate of drug-likeness (QED) is 0.487. The molecule has 0 saturated carbocycles. The molecular formula is C11H20O2. The van der Waals surface area contributed by atoms with E-state index in [1.54, 1.807) is 12.2 Å². The van der Waals surface area contributed by atoms with Crippen molar-refractivity contribution in [3.63, 3.8) is 0 Å². The predicted octanol–water partition coefficient (Wildman–Crippen LogP) is 2.32. The van der Waals surface area contributed by atoms with E-state index in [-0.39, 0.29) is 6.10 Å². The van der Waals surface area contributed by atoms with Crippen molar-refractivity contribution in [3.8, 4) is 0 Å². The fraction of sp³-hybridized carbons (Fsp3) is 0.727. The fourth-order valence-electron chi connectivity index (χ4n) is 1.12. The summed E-state index contributed by atoms with van der Waals surface area (Å²) in [6.45, 7) is 4.35. The lowest BCUT2D eigenvalue weighted by Gasteiger charge is -2.06. The van der Waals surface area contributed by atoms with Gasteiger partial charge in [0.15, 0.2) is 0 Å². The lowest BCUT2D eigenvalue weighted by Crippen LogP contribution is -2.02. The molecule has 1 atom stereocenters. The van der Waals surface area contributed by atoms with Gasteiger partial charge in [0, 0.05) is 6.42 Å². The van der Waals surface area contributed by atoms with Crippen LogP contribution in [0.4, 0.5) is 0 Å². The highest BCUT2D eigenvalue weighted by molar-refractivity contribution is 5.51. The van der Waals surface area contributed by atoms with Gasteiger partial charge in [0.2, 0.25) is 0 Å². The van der Waals surface area contributed by atoms with Crippen LogP contribution in [0.3, 0.4) is 0 Å². The van der Waals surface area contributed by atoms with E-state index in [9.17, 15) is 9.90 Å². The second-order valence-corrected chi connectivity index (χ2v) is 3.72. The van der Waals surface area contributed by atoms with Crippen LogP contribution < -0.4 is 0 Å². The summed E-state index contributed by atoms with van der Waals surface area (Å²) in [5.41, 5.74) is 0. The summed E-state index contributed by atoms with van der Waals surface area (Å²) >= 11 is 0. The second kappa shape index (κ2) is 7.99. The van der Waals surface area contributed by atoms with Gasteiger partial charge in [-0.2, -0.15) is 0 Å². The highest BCUT2D eigenvalue weighted by Crippen LogP contribution is 2.08. The Morgan fingerprint density at radius 3 is 2.54 bits per heavy atom. The SMILES string of the molecule is CC(C)CCCC(O)/C=C/CC=O. The Kier molecular flexibility index (Phi) is 7.60. The number of aliphatic hydroxyl groups excluding tert-OH is 1. The summed E-state index contributed by atoms with van der Waals surface area (Å²) in [4.78, 5) is 9.96. The number of carbonyl (C=O) groups excluding carboxylic acids is 1. The van der Waals surface area contributed by atoms with Crippen LogP contribution in [0.5, 0.6) is 0 Å². The number of allylic oxidation sites excluding steroid dienone is 1. The summed E-state index contributed by atoms with van der Waals surface area (Å²) in [7, 11) is 0. The Hall–Kier alpha value is -0.630.